The van der Waals surface area contributed by atoms with Crippen LogP contribution in [0.25, 0.3) is 0 Å². The van der Waals surface area contributed by atoms with E-state index in [0.717, 1.165) is 25.7 Å². The maximum atomic E-state index is 10.3. The van der Waals surface area contributed by atoms with Crippen molar-refractivity contribution in [2.24, 2.45) is 10.7 Å². The number of nitrogens with zero attached hydrogens (tertiary/aromatic N) is 1. The van der Waals surface area contributed by atoms with Gasteiger partial charge < -0.3 is 10.8 Å². The van der Waals surface area contributed by atoms with Gasteiger partial charge in [-0.25, -0.2) is 4.79 Å². The molecule has 3 N–H and O–H groups in total. The molecule has 0 atom stereocenters. The van der Waals surface area contributed by atoms with Crippen molar-refractivity contribution in [3.63, 3.8) is 0 Å². The molecule has 1 aliphatic carbocycles. The molecule has 0 aromatic rings. The van der Waals surface area contributed by atoms with Crippen molar-refractivity contribution in [3.8, 4) is 0 Å². The van der Waals surface area contributed by atoms with Crippen molar-refractivity contribution in [2.45, 2.75) is 38.1 Å². The second-order valence-corrected chi connectivity index (χ2v) is 3.11. The van der Waals surface area contributed by atoms with Crippen LogP contribution in [0.1, 0.15) is 32.1 Å². The number of nitrogens with two attached hydrogens (primary N) is 1. The van der Waals surface area contributed by atoms with Crippen LogP contribution in [0, 0.1) is 0 Å². The lowest BCUT2D eigenvalue weighted by Gasteiger charge is -2.17. The number of aliphatic imine (C=N–C) groups is 1. The standard InChI is InChI=1S/C8H14N2O2/c9-7(8(11)12)10-6-4-2-1-3-5-6/h6H,1-5H2,(H2,9,10)(H,11,12). The minimum atomic E-state index is -1.11. The SMILES string of the molecule is NC(=NC1CCCCC1)C(=O)O. The van der Waals surface area contributed by atoms with Crippen molar-refractivity contribution in [3.05, 3.63) is 0 Å². The molecule has 0 unspecified atom stereocenters. The number of hydrogen-bond acceptors (Lipinski definition) is 2. The van der Waals surface area contributed by atoms with E-state index >= 15 is 0 Å². The Morgan fingerprint density at radius 3 is 2.42 bits per heavy atom. The Morgan fingerprint density at radius 2 is 1.92 bits per heavy atom. The molecule has 4 nitrogen and oxygen atoms in total. The first-order valence-corrected chi connectivity index (χ1v) is 4.26. The fourth-order valence-electron chi connectivity index (χ4n) is 1.46. The lowest BCUT2D eigenvalue weighted by molar-refractivity contribution is -0.129. The van der Waals surface area contributed by atoms with Gasteiger partial charge in [0.2, 0.25) is 5.84 Å². The minimum absolute atomic E-state index is 0.148. The number of carboxylic acid groups (broad SMARTS) is 1. The van der Waals surface area contributed by atoms with Gasteiger partial charge in [-0.15, -0.1) is 0 Å². The van der Waals surface area contributed by atoms with Gasteiger partial charge in [0.25, 0.3) is 0 Å². The molecule has 0 bridgehead atoms. The topological polar surface area (TPSA) is 75.7 Å². The molecule has 0 aromatic carbocycles. The molecule has 1 aliphatic rings. The highest BCUT2D eigenvalue weighted by Gasteiger charge is 2.14. The molecule has 0 aliphatic heterocycles. The Bertz CT molecular complexity index is 195. The average Bonchev–Trinajstić information content (AvgIpc) is 2.06. The highest BCUT2D eigenvalue weighted by Crippen LogP contribution is 2.19. The summed E-state index contributed by atoms with van der Waals surface area (Å²) in [7, 11) is 0. The molecule has 68 valence electrons. The first-order chi connectivity index (χ1) is 5.70. The van der Waals surface area contributed by atoms with Gasteiger partial charge in [-0.2, -0.15) is 0 Å². The third kappa shape index (κ3) is 2.53. The summed E-state index contributed by atoms with van der Waals surface area (Å²) in [6.07, 6.45) is 5.48. The number of amidine groups is 1. The second-order valence-electron chi connectivity index (χ2n) is 3.11. The Balaban J connectivity index is 2.47. The Hall–Kier alpha value is -1.06. The summed E-state index contributed by atoms with van der Waals surface area (Å²) in [4.78, 5) is 14.2. The first kappa shape index (κ1) is 9.03. The summed E-state index contributed by atoms with van der Waals surface area (Å²) in [6, 6.07) is 0.148. The molecule has 12 heavy (non-hydrogen) atoms. The maximum Gasteiger partial charge on any atom is 0.370 e. The number of rotatable bonds is 1. The van der Waals surface area contributed by atoms with E-state index in [-0.39, 0.29) is 11.9 Å². The van der Waals surface area contributed by atoms with Crippen molar-refractivity contribution in [1.29, 1.82) is 0 Å². The highest BCUT2D eigenvalue weighted by atomic mass is 16.4. The minimum Gasteiger partial charge on any atom is -0.475 e. The molecular weight excluding hydrogens is 156 g/mol. The van der Waals surface area contributed by atoms with Gasteiger partial charge in [0, 0.05) is 0 Å². The molecular formula is C8H14N2O2. The Morgan fingerprint density at radius 1 is 1.33 bits per heavy atom. The molecule has 1 saturated carbocycles. The number of hydrogen-bond donors (Lipinski definition) is 2. The van der Waals surface area contributed by atoms with Crippen LogP contribution >= 0.6 is 0 Å². The van der Waals surface area contributed by atoms with Crippen LogP contribution in [0.15, 0.2) is 4.99 Å². The summed E-state index contributed by atoms with van der Waals surface area (Å²) in [6.45, 7) is 0. The predicted molar refractivity (Wildman–Crippen MR) is 46.1 cm³/mol. The first-order valence-electron chi connectivity index (χ1n) is 4.26. The van der Waals surface area contributed by atoms with Gasteiger partial charge in [0.15, 0.2) is 0 Å². The van der Waals surface area contributed by atoms with E-state index in [4.69, 9.17) is 10.8 Å². The fraction of sp³-hybridized carbons (Fsp3) is 0.750. The molecule has 0 amide bonds. The summed E-state index contributed by atoms with van der Waals surface area (Å²) in [5.41, 5.74) is 5.20. The normalized spacial score (nSPS) is 20.8. The lowest BCUT2D eigenvalue weighted by Crippen LogP contribution is -2.26. The van der Waals surface area contributed by atoms with Crippen molar-refractivity contribution < 1.29 is 9.90 Å². The quantitative estimate of drug-likeness (QED) is 0.450. The van der Waals surface area contributed by atoms with Crippen molar-refractivity contribution in [2.75, 3.05) is 0 Å². The van der Waals surface area contributed by atoms with Crippen LogP contribution < -0.4 is 5.73 Å². The Labute approximate surface area is 71.5 Å². The maximum absolute atomic E-state index is 10.3. The van der Waals surface area contributed by atoms with E-state index in [0.29, 0.717) is 0 Å². The van der Waals surface area contributed by atoms with Gasteiger partial charge in [-0.1, -0.05) is 19.3 Å². The smallest absolute Gasteiger partial charge is 0.370 e. The van der Waals surface area contributed by atoms with Crippen LogP contribution in [0.4, 0.5) is 0 Å². The van der Waals surface area contributed by atoms with Crippen LogP contribution in [0.2, 0.25) is 0 Å². The van der Waals surface area contributed by atoms with Crippen LogP contribution in [0.3, 0.4) is 0 Å². The molecule has 0 spiro atoms. The summed E-state index contributed by atoms with van der Waals surface area (Å²) in [5, 5.41) is 8.46. The van der Waals surface area contributed by atoms with Gasteiger partial charge in [0.1, 0.15) is 0 Å². The van der Waals surface area contributed by atoms with E-state index in [2.05, 4.69) is 4.99 Å². The largest absolute Gasteiger partial charge is 0.475 e. The monoisotopic (exact) mass is 170 g/mol. The zero-order chi connectivity index (χ0) is 8.97. The lowest BCUT2D eigenvalue weighted by atomic mass is 9.96. The van der Waals surface area contributed by atoms with Crippen LogP contribution in [-0.4, -0.2) is 23.0 Å². The van der Waals surface area contributed by atoms with Gasteiger partial charge in [-0.05, 0) is 12.8 Å². The molecule has 0 heterocycles. The van der Waals surface area contributed by atoms with E-state index in [1.165, 1.54) is 6.42 Å². The zero-order valence-electron chi connectivity index (χ0n) is 6.99. The molecule has 0 aromatic heterocycles. The van der Waals surface area contributed by atoms with Crippen molar-refractivity contribution in [1.82, 2.24) is 0 Å². The van der Waals surface area contributed by atoms with Gasteiger partial charge in [0.05, 0.1) is 6.04 Å². The molecule has 1 rings (SSSR count). The third-order valence-electron chi connectivity index (χ3n) is 2.12. The predicted octanol–water partition coefficient (Wildman–Crippen LogP) is 0.761. The van der Waals surface area contributed by atoms with Crippen LogP contribution in [-0.2, 0) is 4.79 Å². The van der Waals surface area contributed by atoms with Gasteiger partial charge in [-0.3, -0.25) is 4.99 Å². The Kier molecular flexibility index (Phi) is 3.08. The summed E-state index contributed by atoms with van der Waals surface area (Å²) >= 11 is 0. The van der Waals surface area contributed by atoms with E-state index in [1.807, 2.05) is 0 Å². The van der Waals surface area contributed by atoms with E-state index in [1.54, 1.807) is 0 Å². The second kappa shape index (κ2) is 4.09. The molecule has 4 heteroatoms. The molecule has 1 fully saturated rings. The summed E-state index contributed by atoms with van der Waals surface area (Å²) in [5.74, 6) is -1.36. The number of carbonyl (C=O) groups is 1. The summed E-state index contributed by atoms with van der Waals surface area (Å²) < 4.78 is 0. The molecule has 0 saturated heterocycles. The highest BCUT2D eigenvalue weighted by molar-refractivity contribution is 6.33. The fourth-order valence-corrected chi connectivity index (χ4v) is 1.46. The third-order valence-corrected chi connectivity index (χ3v) is 2.12. The van der Waals surface area contributed by atoms with Gasteiger partial charge >= 0.3 is 5.97 Å². The molecule has 0 radical (unpaired) electrons. The number of aliphatic carboxylic acids is 1. The van der Waals surface area contributed by atoms with E-state index < -0.39 is 5.97 Å². The van der Waals surface area contributed by atoms with Crippen LogP contribution in [0.5, 0.6) is 0 Å². The average molecular weight is 170 g/mol. The zero-order valence-corrected chi connectivity index (χ0v) is 6.99. The van der Waals surface area contributed by atoms with Crippen molar-refractivity contribution >= 4 is 11.8 Å². The van der Waals surface area contributed by atoms with E-state index in [9.17, 15) is 4.79 Å². The number of carboxylic acids is 1.